The van der Waals surface area contributed by atoms with Crippen LogP contribution in [-0.2, 0) is 0 Å². The molecule has 0 bridgehead atoms. The zero-order valence-electron chi connectivity index (χ0n) is 14.8. The van der Waals surface area contributed by atoms with Gasteiger partial charge in [0, 0.05) is 12.1 Å². The van der Waals surface area contributed by atoms with Crippen molar-refractivity contribution in [2.24, 2.45) is 0 Å². The summed E-state index contributed by atoms with van der Waals surface area (Å²) in [6.07, 6.45) is 8.93. The van der Waals surface area contributed by atoms with Crippen molar-refractivity contribution in [1.82, 2.24) is 4.90 Å². The minimum absolute atomic E-state index is 0.155. The summed E-state index contributed by atoms with van der Waals surface area (Å²) in [5.74, 6) is 1.04. The lowest BCUT2D eigenvalue weighted by Crippen LogP contribution is -2.30. The molecule has 1 aliphatic rings. The number of hydrogen-bond acceptors (Lipinski definition) is 3. The summed E-state index contributed by atoms with van der Waals surface area (Å²) < 4.78 is 11.4. The second-order valence-electron chi connectivity index (χ2n) is 6.33. The highest BCUT2D eigenvalue weighted by atomic mass is 35.5. The van der Waals surface area contributed by atoms with E-state index in [4.69, 9.17) is 55.9 Å². The van der Waals surface area contributed by atoms with Crippen LogP contribution in [0.3, 0.4) is 0 Å². The van der Waals surface area contributed by atoms with E-state index in [1.54, 1.807) is 18.2 Å². The molecule has 0 aliphatic carbocycles. The first-order chi connectivity index (χ1) is 12.6. The van der Waals surface area contributed by atoms with E-state index in [-0.39, 0.29) is 11.1 Å². The van der Waals surface area contributed by atoms with Gasteiger partial charge in [-0.1, -0.05) is 52.8 Å². The Morgan fingerprint density at radius 3 is 2.31 bits per heavy atom. The molecule has 2 rings (SSSR count). The van der Waals surface area contributed by atoms with Gasteiger partial charge in [-0.15, -0.1) is 0 Å². The normalized spacial score (nSPS) is 14.9. The van der Waals surface area contributed by atoms with Gasteiger partial charge >= 0.3 is 0 Å². The van der Waals surface area contributed by atoms with Crippen molar-refractivity contribution in [3.63, 3.8) is 0 Å². The molecule has 1 fully saturated rings. The van der Waals surface area contributed by atoms with Crippen molar-refractivity contribution in [2.75, 3.05) is 32.8 Å². The Bertz CT molecular complexity index is 562. The Hall–Kier alpha value is -0.320. The first kappa shape index (κ1) is 22.0. The molecular weight excluding hydrogens is 416 g/mol. The number of ether oxygens (including phenoxy) is 2. The van der Waals surface area contributed by atoms with E-state index in [9.17, 15) is 0 Å². The zero-order valence-corrected chi connectivity index (χ0v) is 17.8. The summed E-state index contributed by atoms with van der Waals surface area (Å²) in [6, 6.07) is 3.35. The first-order valence-corrected chi connectivity index (χ1v) is 10.6. The van der Waals surface area contributed by atoms with E-state index in [2.05, 4.69) is 4.90 Å². The quantitative estimate of drug-likeness (QED) is 0.376. The maximum atomic E-state index is 6.25. The molecule has 26 heavy (non-hydrogen) atoms. The topological polar surface area (TPSA) is 21.7 Å². The second-order valence-corrected chi connectivity index (χ2v) is 8.15. The molecule has 0 unspecified atom stereocenters. The molecule has 1 aromatic carbocycles. The Balaban J connectivity index is 1.69. The van der Waals surface area contributed by atoms with Gasteiger partial charge in [0.2, 0.25) is 0 Å². The van der Waals surface area contributed by atoms with Gasteiger partial charge in [0.1, 0.15) is 16.8 Å². The molecule has 0 saturated carbocycles. The van der Waals surface area contributed by atoms with Crippen molar-refractivity contribution in [1.29, 1.82) is 0 Å². The maximum absolute atomic E-state index is 6.25. The summed E-state index contributed by atoms with van der Waals surface area (Å²) in [6.45, 7) is 4.54. The van der Waals surface area contributed by atoms with Crippen molar-refractivity contribution in [3.05, 3.63) is 32.7 Å². The minimum atomic E-state index is 0.155. The fraction of sp³-hybridized carbons (Fsp3) is 0.579. The van der Waals surface area contributed by atoms with E-state index in [1.165, 1.54) is 45.3 Å². The van der Waals surface area contributed by atoms with Gasteiger partial charge in [0.15, 0.2) is 5.75 Å². The number of halogens is 4. The molecule has 0 radical (unpaired) electrons. The van der Waals surface area contributed by atoms with Crippen LogP contribution in [0.4, 0.5) is 0 Å². The van der Waals surface area contributed by atoms with Crippen LogP contribution in [0.1, 0.15) is 38.5 Å². The van der Waals surface area contributed by atoms with Crippen molar-refractivity contribution < 1.29 is 9.47 Å². The van der Waals surface area contributed by atoms with Crippen LogP contribution in [0.25, 0.3) is 0 Å². The lowest BCUT2D eigenvalue weighted by Gasteiger charge is -2.26. The van der Waals surface area contributed by atoms with E-state index >= 15 is 0 Å². The highest BCUT2D eigenvalue weighted by Gasteiger charge is 2.11. The Morgan fingerprint density at radius 1 is 0.962 bits per heavy atom. The van der Waals surface area contributed by atoms with Crippen LogP contribution in [0, 0.1) is 0 Å². The number of nitrogens with zero attached hydrogens (tertiary/aromatic N) is 1. The molecule has 1 aliphatic heterocycles. The molecular formula is C19H25Cl4NO2. The molecule has 1 heterocycles. The van der Waals surface area contributed by atoms with Gasteiger partial charge in [-0.05, 0) is 57.8 Å². The predicted molar refractivity (Wildman–Crippen MR) is 111 cm³/mol. The summed E-state index contributed by atoms with van der Waals surface area (Å²) in [5, 5.41) is 0.864. The Kier molecular flexibility index (Phi) is 10.3. The van der Waals surface area contributed by atoms with Crippen LogP contribution >= 0.6 is 46.4 Å². The summed E-state index contributed by atoms with van der Waals surface area (Å²) in [4.78, 5) is 2.56. The van der Waals surface area contributed by atoms with E-state index in [0.717, 1.165) is 12.8 Å². The predicted octanol–water partition coefficient (Wildman–Crippen LogP) is 6.73. The van der Waals surface area contributed by atoms with Crippen LogP contribution in [0.2, 0.25) is 10.0 Å². The van der Waals surface area contributed by atoms with Gasteiger partial charge in [-0.2, -0.15) is 0 Å². The minimum Gasteiger partial charge on any atom is -0.490 e. The van der Waals surface area contributed by atoms with Crippen LogP contribution < -0.4 is 9.47 Å². The first-order valence-electron chi connectivity index (χ1n) is 9.04. The van der Waals surface area contributed by atoms with E-state index in [1.807, 2.05) is 0 Å². The fourth-order valence-corrected chi connectivity index (χ4v) is 3.63. The molecule has 0 amide bonds. The third-order valence-corrected chi connectivity index (χ3v) is 5.14. The molecule has 0 N–H and O–H groups in total. The zero-order chi connectivity index (χ0) is 18.8. The lowest BCUT2D eigenvalue weighted by atomic mass is 10.1. The molecule has 0 atom stereocenters. The summed E-state index contributed by atoms with van der Waals surface area (Å²) in [5.41, 5.74) is 0. The van der Waals surface area contributed by atoms with Crippen LogP contribution in [-0.4, -0.2) is 37.7 Å². The number of unbranched alkanes of at least 4 members (excludes halogenated alkanes) is 2. The molecule has 0 spiro atoms. The largest absolute Gasteiger partial charge is 0.490 e. The van der Waals surface area contributed by atoms with Crippen LogP contribution in [0.5, 0.6) is 11.5 Å². The monoisotopic (exact) mass is 439 g/mol. The van der Waals surface area contributed by atoms with Crippen molar-refractivity contribution in [3.8, 4) is 11.5 Å². The van der Waals surface area contributed by atoms with Gasteiger partial charge in [0.25, 0.3) is 0 Å². The third-order valence-electron chi connectivity index (χ3n) is 4.27. The Morgan fingerprint density at radius 2 is 1.65 bits per heavy atom. The molecule has 3 nitrogen and oxygen atoms in total. The fourth-order valence-electron chi connectivity index (χ4n) is 2.93. The lowest BCUT2D eigenvalue weighted by molar-refractivity contribution is 0.221. The highest BCUT2D eigenvalue weighted by molar-refractivity contribution is 6.55. The van der Waals surface area contributed by atoms with Crippen molar-refractivity contribution in [2.45, 2.75) is 38.5 Å². The van der Waals surface area contributed by atoms with Gasteiger partial charge in [0.05, 0.1) is 16.7 Å². The third kappa shape index (κ3) is 8.14. The smallest absolute Gasteiger partial charge is 0.156 e. The average Bonchev–Trinajstić information content (AvgIpc) is 2.60. The van der Waals surface area contributed by atoms with Gasteiger partial charge in [-0.25, -0.2) is 0 Å². The van der Waals surface area contributed by atoms with E-state index < -0.39 is 0 Å². The molecule has 1 aromatic rings. The maximum Gasteiger partial charge on any atom is 0.156 e. The molecule has 7 heteroatoms. The number of piperidine rings is 1. The SMILES string of the molecule is ClC(Cl)=CCOc1cc(Cl)c(OCCCCCN2CCCCC2)c(Cl)c1. The second kappa shape index (κ2) is 12.2. The standard InChI is InChI=1S/C19H25Cl4NO2/c20-16-13-15(25-12-7-18(22)23)14-17(21)19(16)26-11-6-2-5-10-24-8-3-1-4-9-24/h7,13-14H,1-6,8-12H2. The summed E-state index contributed by atoms with van der Waals surface area (Å²) >= 11 is 23.6. The molecule has 0 aromatic heterocycles. The summed E-state index contributed by atoms with van der Waals surface area (Å²) in [7, 11) is 0. The molecule has 146 valence electrons. The number of rotatable bonds is 10. The molecule has 1 saturated heterocycles. The number of likely N-dealkylation sites (tertiary alicyclic amines) is 1. The Labute approximate surface area is 176 Å². The highest BCUT2D eigenvalue weighted by Crippen LogP contribution is 2.37. The van der Waals surface area contributed by atoms with Crippen LogP contribution in [0.15, 0.2) is 22.7 Å². The van der Waals surface area contributed by atoms with E-state index in [0.29, 0.717) is 28.2 Å². The van der Waals surface area contributed by atoms with Gasteiger partial charge < -0.3 is 14.4 Å². The number of benzene rings is 1. The van der Waals surface area contributed by atoms with Gasteiger partial charge in [-0.3, -0.25) is 0 Å². The number of hydrogen-bond donors (Lipinski definition) is 0. The average molecular weight is 441 g/mol. The van der Waals surface area contributed by atoms with Crippen molar-refractivity contribution >= 4 is 46.4 Å².